The van der Waals surface area contributed by atoms with Crippen LogP contribution in [0.3, 0.4) is 0 Å². The zero-order valence-electron chi connectivity index (χ0n) is 73.5. The molecule has 0 unspecified atom stereocenters. The number of amides is 2. The summed E-state index contributed by atoms with van der Waals surface area (Å²) in [5.41, 5.74) is 28.8. The number of nitrogens with one attached hydrogen (secondary N) is 6. The minimum Gasteiger partial charge on any atom is -0.497 e. The maximum absolute atomic E-state index is 13.8. The number of ether oxygens (including phenoxy) is 6. The van der Waals surface area contributed by atoms with Gasteiger partial charge in [0, 0.05) is 132 Å². The van der Waals surface area contributed by atoms with Crippen LogP contribution in [0.5, 0.6) is 34.5 Å². The highest BCUT2D eigenvalue weighted by Gasteiger charge is 2.23. The molecule has 5 heterocycles. The Labute approximate surface area is 742 Å². The van der Waals surface area contributed by atoms with Gasteiger partial charge in [-0.1, -0.05) is 152 Å². The molecule has 20 heteroatoms. The van der Waals surface area contributed by atoms with Crippen molar-refractivity contribution in [2.24, 2.45) is 11.5 Å². The molecule has 0 atom stereocenters. The van der Waals surface area contributed by atoms with E-state index in [1.165, 1.54) is 64.2 Å². The van der Waals surface area contributed by atoms with Crippen LogP contribution in [-0.2, 0) is 0 Å². The van der Waals surface area contributed by atoms with E-state index in [0.717, 1.165) is 129 Å². The second-order valence-electron chi connectivity index (χ2n) is 31.2. The molecule has 10 N–H and O–H groups in total. The summed E-state index contributed by atoms with van der Waals surface area (Å²) in [5, 5.41) is 12.6. The lowest BCUT2D eigenvalue weighted by Gasteiger charge is -2.26. The largest absolute Gasteiger partial charge is 0.497 e. The maximum Gasteiger partial charge on any atom is 0.251 e. The number of hydrogen-bond acceptors (Lipinski definition) is 16. The predicted molar refractivity (Wildman–Crippen MR) is 515 cm³/mol. The number of rotatable bonds is 44. The van der Waals surface area contributed by atoms with Gasteiger partial charge in [0.2, 0.25) is 0 Å². The molecule has 650 valence electrons. The highest BCUT2D eigenvalue weighted by Crippen LogP contribution is 2.43. The third kappa shape index (κ3) is 24.2. The molecule has 8 aromatic carbocycles. The molecule has 11 aromatic rings. The van der Waals surface area contributed by atoms with E-state index < -0.39 is 0 Å². The zero-order valence-corrected chi connectivity index (χ0v) is 73.5. The fourth-order valence-corrected chi connectivity index (χ4v) is 15.5. The first-order valence-corrected chi connectivity index (χ1v) is 44.5. The van der Waals surface area contributed by atoms with E-state index in [2.05, 4.69) is 103 Å². The molecule has 0 fully saturated rings. The van der Waals surface area contributed by atoms with E-state index in [4.69, 9.17) is 49.9 Å². The molecular weight excluding hydrogens is 1570 g/mol. The van der Waals surface area contributed by atoms with Crippen LogP contribution in [-0.4, -0.2) is 126 Å². The number of aromatic amines is 2. The zero-order chi connectivity index (χ0) is 87.6. The van der Waals surface area contributed by atoms with Crippen LogP contribution in [0.25, 0.3) is 68.6 Å². The number of carbonyl (C=O) groups is 2. The number of H-pyrrole nitrogens is 2. The van der Waals surface area contributed by atoms with Crippen molar-refractivity contribution in [2.75, 3.05) is 104 Å². The summed E-state index contributed by atoms with van der Waals surface area (Å²) >= 11 is 0. The summed E-state index contributed by atoms with van der Waals surface area (Å²) in [6, 6.07) is 67.9. The minimum atomic E-state index is -0.202. The van der Waals surface area contributed by atoms with Gasteiger partial charge >= 0.3 is 0 Å². The predicted octanol–water partition coefficient (Wildman–Crippen LogP) is 21.4. The normalized spacial score (nSPS) is 11.3. The number of hydrogen-bond donors (Lipinski definition) is 8. The number of anilines is 6. The Morgan fingerprint density at radius 1 is 0.349 bits per heavy atom. The summed E-state index contributed by atoms with van der Waals surface area (Å²) in [6.07, 6.45) is 26.5. The van der Waals surface area contributed by atoms with Crippen molar-refractivity contribution < 1.29 is 38.0 Å². The molecule has 8 bridgehead atoms. The van der Waals surface area contributed by atoms with Crippen molar-refractivity contribution in [3.63, 3.8) is 0 Å². The molecular formula is C106H118N12O8. The molecule has 0 saturated heterocycles. The van der Waals surface area contributed by atoms with E-state index in [0.29, 0.717) is 144 Å². The van der Waals surface area contributed by atoms with Gasteiger partial charge in [-0.15, -0.1) is 0 Å². The molecule has 3 aromatic heterocycles. The van der Waals surface area contributed by atoms with Crippen LogP contribution in [0.2, 0.25) is 0 Å². The molecule has 2 aliphatic rings. The van der Waals surface area contributed by atoms with Crippen LogP contribution in [0, 0.1) is 23.7 Å². The van der Waals surface area contributed by atoms with Gasteiger partial charge in [0.05, 0.1) is 97.7 Å². The fourth-order valence-electron chi connectivity index (χ4n) is 15.5. The number of unbranched alkanes of at least 4 members (excludes halogenated alkanes) is 14. The van der Waals surface area contributed by atoms with Gasteiger partial charge < -0.3 is 80.9 Å². The lowest BCUT2D eigenvalue weighted by molar-refractivity contribution is 0.0946. The molecule has 2 aliphatic heterocycles. The van der Waals surface area contributed by atoms with E-state index >= 15 is 0 Å². The highest BCUT2D eigenvalue weighted by atomic mass is 16.5. The van der Waals surface area contributed by atoms with Gasteiger partial charge in [-0.05, 0) is 218 Å². The Morgan fingerprint density at radius 2 is 0.667 bits per heavy atom. The monoisotopic (exact) mass is 1690 g/mol. The summed E-state index contributed by atoms with van der Waals surface area (Å²) in [4.78, 5) is 51.1. The third-order valence-electron chi connectivity index (χ3n) is 22.4. The van der Waals surface area contributed by atoms with Crippen molar-refractivity contribution in [1.82, 2.24) is 41.2 Å². The van der Waals surface area contributed by atoms with Crippen molar-refractivity contribution >= 4 is 92.3 Å². The van der Waals surface area contributed by atoms with Gasteiger partial charge in [-0.25, -0.2) is 9.97 Å². The number of benzene rings is 8. The smallest absolute Gasteiger partial charge is 0.251 e. The number of methoxy groups -OCH3 is 4. The molecule has 0 radical (unpaired) electrons. The molecule has 0 aliphatic carbocycles. The Balaban J connectivity index is 1.01. The summed E-state index contributed by atoms with van der Waals surface area (Å²) < 4.78 is 36.5. The number of fused-ring (bicyclic) bond motifs is 8. The minimum absolute atomic E-state index is 0.202. The first-order valence-electron chi connectivity index (χ1n) is 44.5. The standard InChI is InChI=1S/C106H118N12O8/c1-7-9-11-13-15-17-19-21-71-125-101-73-85(117(81-37-45-87(121-3)46-38-81)82-39-47-88(122-4)48-40-82)35-31-75(101)33-53-91-93-55-59-97(113-93)103(77-23-27-79(28-24-77)105(119)111-69-67-109-65-63-107)99-61-57-95(115-99)92(96-58-62-100(116-96)104(98-60-56-94(91)114-98)78-25-29-80(30-26-78)106(120)112-70-68-110-66-64-108)54-34-76-32-36-86(74-102(76)126-72-22-20-18-16-14-12-10-8-2)118(83-41-49-89(123-5)50-42-83)84-43-51-90(124-6)52-44-84/h23-32,35-52,55-62,73-74,109-110,113,116H,7-22,63-72,107-108H2,1-6H3,(H,111,119)(H,112,120). The molecule has 0 spiro atoms. The Hall–Kier alpha value is -13.3. The van der Waals surface area contributed by atoms with Gasteiger partial charge in [-0.2, -0.15) is 0 Å². The third-order valence-corrected chi connectivity index (χ3v) is 22.4. The van der Waals surface area contributed by atoms with Crippen LogP contribution in [0.1, 0.15) is 182 Å². The van der Waals surface area contributed by atoms with E-state index in [9.17, 15) is 9.59 Å². The van der Waals surface area contributed by atoms with Gasteiger partial charge in [-0.3, -0.25) is 9.59 Å². The fraction of sp³-hybridized carbons (Fsp3) is 0.302. The van der Waals surface area contributed by atoms with Crippen molar-refractivity contribution in [1.29, 1.82) is 0 Å². The van der Waals surface area contributed by atoms with Crippen molar-refractivity contribution in [2.45, 2.75) is 117 Å². The van der Waals surface area contributed by atoms with Crippen LogP contribution >= 0.6 is 0 Å². The quantitative estimate of drug-likeness (QED) is 0.0131. The van der Waals surface area contributed by atoms with Gasteiger partial charge in [0.25, 0.3) is 11.8 Å². The van der Waals surface area contributed by atoms with Crippen LogP contribution in [0.4, 0.5) is 34.1 Å². The molecule has 2 amide bonds. The van der Waals surface area contributed by atoms with E-state index in [1.54, 1.807) is 28.4 Å². The Kier molecular flexibility index (Phi) is 33.7. The van der Waals surface area contributed by atoms with Crippen LogP contribution in [0.15, 0.2) is 206 Å². The topological polar surface area (TPSA) is 254 Å². The van der Waals surface area contributed by atoms with E-state index in [1.807, 2.05) is 206 Å². The first-order chi connectivity index (χ1) is 62.0. The highest BCUT2D eigenvalue weighted by molar-refractivity contribution is 5.99. The molecule has 20 nitrogen and oxygen atoms in total. The summed E-state index contributed by atoms with van der Waals surface area (Å²) in [7, 11) is 6.68. The van der Waals surface area contributed by atoms with Gasteiger partial charge in [0.15, 0.2) is 0 Å². The molecule has 126 heavy (non-hydrogen) atoms. The number of nitrogens with two attached hydrogens (primary N) is 2. The summed E-state index contributed by atoms with van der Waals surface area (Å²) in [6.45, 7) is 9.77. The second-order valence-corrected chi connectivity index (χ2v) is 31.2. The van der Waals surface area contributed by atoms with E-state index in [-0.39, 0.29) is 11.8 Å². The number of nitrogens with zero attached hydrogens (tertiary/aromatic N) is 4. The maximum atomic E-state index is 13.8. The SMILES string of the molecule is CCCCCCCCCCOc1cc(N(c2ccc(OC)cc2)c2ccc(OC)cc2)ccc1C#Cc1c2nc(c(-c3ccc(C(=O)NCCNCCN)cc3)c3ccc([nH]3)c(C#Cc3ccc(N(c4ccc(OC)cc4)c4ccc(OC)cc4)cc3OCCCCCCCCCC)c3nc(c(-c4ccc(C(=O)NCCNCCN)cc4)c4ccc1[nH]4)C=C3)C=C2. The van der Waals surface area contributed by atoms with Crippen molar-refractivity contribution in [3.05, 3.63) is 262 Å². The Bertz CT molecular complexity index is 5350. The summed E-state index contributed by atoms with van der Waals surface area (Å²) in [5.74, 6) is 18.5. The number of carbonyl (C=O) groups excluding carboxylic acids is 2. The molecule has 13 rings (SSSR count). The first kappa shape index (κ1) is 90.4. The number of aromatic nitrogens is 4. The lowest BCUT2D eigenvalue weighted by Crippen LogP contribution is -2.33. The van der Waals surface area contributed by atoms with Gasteiger partial charge in [0.1, 0.15) is 34.5 Å². The second kappa shape index (κ2) is 46.9. The van der Waals surface area contributed by atoms with Crippen molar-refractivity contribution in [3.8, 4) is 80.4 Å². The Morgan fingerprint density at radius 3 is 1.00 bits per heavy atom. The molecule has 0 saturated carbocycles. The van der Waals surface area contributed by atoms with Crippen LogP contribution < -0.4 is 71.0 Å². The average molecular weight is 1690 g/mol. The lowest BCUT2D eigenvalue weighted by atomic mass is 10.0. The average Bonchev–Trinajstić information content (AvgIpc) is 1.51.